The van der Waals surface area contributed by atoms with Crippen LogP contribution in [0.15, 0.2) is 54.6 Å². The lowest BCUT2D eigenvalue weighted by molar-refractivity contribution is 0.670. The second-order valence-corrected chi connectivity index (χ2v) is 4.29. The number of hydrogen-bond acceptors (Lipinski definition) is 2. The van der Waals surface area contributed by atoms with Crippen LogP contribution >= 0.6 is 0 Å². The summed E-state index contributed by atoms with van der Waals surface area (Å²) < 4.78 is 0. The third-order valence-corrected chi connectivity index (χ3v) is 2.90. The third kappa shape index (κ3) is 2.41. The molecule has 0 saturated heterocycles. The number of nitrogens with one attached hydrogen (secondary N) is 2. The zero-order valence-electron chi connectivity index (χ0n) is 10.1. The average molecular weight is 237 g/mol. The standard InChI is InChI=1S/C15H15N3/c1-2-6-12(7-3-1)10-16-11-15-17-13-8-4-5-9-14(13)18-15/h1-9,16H,10-11H2,(H,17,18). The van der Waals surface area contributed by atoms with E-state index in [4.69, 9.17) is 0 Å². The Bertz CT molecular complexity index is 595. The average Bonchev–Trinajstić information content (AvgIpc) is 2.82. The molecular formula is C15H15N3. The van der Waals surface area contributed by atoms with E-state index in [9.17, 15) is 0 Å². The zero-order chi connectivity index (χ0) is 12.2. The van der Waals surface area contributed by atoms with E-state index in [1.807, 2.05) is 30.3 Å². The van der Waals surface area contributed by atoms with Crippen molar-refractivity contribution in [1.82, 2.24) is 15.3 Å². The Morgan fingerprint density at radius 3 is 2.50 bits per heavy atom. The van der Waals surface area contributed by atoms with Gasteiger partial charge in [0, 0.05) is 6.54 Å². The Balaban J connectivity index is 1.63. The summed E-state index contributed by atoms with van der Waals surface area (Å²) >= 11 is 0. The maximum Gasteiger partial charge on any atom is 0.121 e. The lowest BCUT2D eigenvalue weighted by atomic mass is 10.2. The van der Waals surface area contributed by atoms with E-state index in [0.29, 0.717) is 0 Å². The first-order chi connectivity index (χ1) is 8.92. The predicted molar refractivity (Wildman–Crippen MR) is 73.1 cm³/mol. The number of para-hydroxylation sites is 2. The van der Waals surface area contributed by atoms with Crippen LogP contribution in [-0.4, -0.2) is 9.97 Å². The van der Waals surface area contributed by atoms with E-state index < -0.39 is 0 Å². The van der Waals surface area contributed by atoms with Crippen molar-refractivity contribution in [2.24, 2.45) is 0 Å². The van der Waals surface area contributed by atoms with Crippen molar-refractivity contribution in [1.29, 1.82) is 0 Å². The molecule has 0 saturated carbocycles. The summed E-state index contributed by atoms with van der Waals surface area (Å²) in [7, 11) is 0. The van der Waals surface area contributed by atoms with Crippen LogP contribution in [0.1, 0.15) is 11.4 Å². The molecule has 0 fully saturated rings. The number of imidazole rings is 1. The smallest absolute Gasteiger partial charge is 0.121 e. The molecule has 1 aromatic heterocycles. The van der Waals surface area contributed by atoms with E-state index >= 15 is 0 Å². The number of rotatable bonds is 4. The molecule has 1 heterocycles. The molecule has 0 aliphatic heterocycles. The highest BCUT2D eigenvalue weighted by molar-refractivity contribution is 5.74. The Kier molecular flexibility index (Phi) is 3.07. The molecule has 3 nitrogen and oxygen atoms in total. The second kappa shape index (κ2) is 5.02. The van der Waals surface area contributed by atoms with Crippen molar-refractivity contribution >= 4 is 11.0 Å². The van der Waals surface area contributed by atoms with Crippen LogP contribution in [0.5, 0.6) is 0 Å². The van der Waals surface area contributed by atoms with Crippen molar-refractivity contribution in [2.75, 3.05) is 0 Å². The molecule has 0 bridgehead atoms. The number of benzene rings is 2. The van der Waals surface area contributed by atoms with Gasteiger partial charge in [0.05, 0.1) is 17.6 Å². The maximum absolute atomic E-state index is 4.53. The van der Waals surface area contributed by atoms with E-state index in [1.165, 1.54) is 5.56 Å². The van der Waals surface area contributed by atoms with Gasteiger partial charge in [0.1, 0.15) is 5.82 Å². The highest BCUT2D eigenvalue weighted by Gasteiger charge is 2.00. The van der Waals surface area contributed by atoms with Gasteiger partial charge in [0.15, 0.2) is 0 Å². The summed E-state index contributed by atoms with van der Waals surface area (Å²) in [5.41, 5.74) is 3.40. The molecule has 2 N–H and O–H groups in total. The maximum atomic E-state index is 4.53. The summed E-state index contributed by atoms with van der Waals surface area (Å²) in [4.78, 5) is 7.83. The normalized spacial score (nSPS) is 10.9. The monoisotopic (exact) mass is 237 g/mol. The van der Waals surface area contributed by atoms with Gasteiger partial charge in [-0.1, -0.05) is 42.5 Å². The quantitative estimate of drug-likeness (QED) is 0.732. The summed E-state index contributed by atoms with van der Waals surface area (Å²) in [6.45, 7) is 1.61. The van der Waals surface area contributed by atoms with Crippen LogP contribution in [0.3, 0.4) is 0 Å². The molecule has 18 heavy (non-hydrogen) atoms. The topological polar surface area (TPSA) is 40.7 Å². The first-order valence-corrected chi connectivity index (χ1v) is 6.10. The van der Waals surface area contributed by atoms with Gasteiger partial charge in [-0.05, 0) is 17.7 Å². The Morgan fingerprint density at radius 1 is 0.889 bits per heavy atom. The van der Waals surface area contributed by atoms with Crippen LogP contribution in [0.4, 0.5) is 0 Å². The Labute approximate surface area is 106 Å². The summed E-state index contributed by atoms with van der Waals surface area (Å²) in [5, 5.41) is 3.39. The summed E-state index contributed by atoms with van der Waals surface area (Å²) in [5.74, 6) is 0.979. The van der Waals surface area contributed by atoms with Gasteiger partial charge in [-0.3, -0.25) is 0 Å². The van der Waals surface area contributed by atoms with Crippen molar-refractivity contribution < 1.29 is 0 Å². The van der Waals surface area contributed by atoms with Crippen LogP contribution in [0.2, 0.25) is 0 Å². The lowest BCUT2D eigenvalue weighted by Crippen LogP contribution is -2.13. The first-order valence-electron chi connectivity index (χ1n) is 6.10. The molecule has 2 aromatic carbocycles. The first kappa shape index (κ1) is 11.0. The number of nitrogens with zero attached hydrogens (tertiary/aromatic N) is 1. The van der Waals surface area contributed by atoms with Crippen LogP contribution < -0.4 is 5.32 Å². The Morgan fingerprint density at radius 2 is 1.67 bits per heavy atom. The highest BCUT2D eigenvalue weighted by Crippen LogP contribution is 2.10. The molecule has 90 valence electrons. The van der Waals surface area contributed by atoms with Gasteiger partial charge < -0.3 is 10.3 Å². The molecule has 0 radical (unpaired) electrons. The Hall–Kier alpha value is -2.13. The molecule has 0 aliphatic carbocycles. The molecular weight excluding hydrogens is 222 g/mol. The number of aromatic nitrogens is 2. The molecule has 3 rings (SSSR count). The highest BCUT2D eigenvalue weighted by atomic mass is 15.0. The van der Waals surface area contributed by atoms with Crippen molar-refractivity contribution in [3.8, 4) is 0 Å². The third-order valence-electron chi connectivity index (χ3n) is 2.90. The number of aromatic amines is 1. The van der Waals surface area contributed by atoms with Gasteiger partial charge in [-0.2, -0.15) is 0 Å². The lowest BCUT2D eigenvalue weighted by Gasteiger charge is -2.02. The number of fused-ring (bicyclic) bond motifs is 1. The minimum atomic E-state index is 0.754. The fraction of sp³-hybridized carbons (Fsp3) is 0.133. The molecule has 3 aromatic rings. The van der Waals surface area contributed by atoms with Gasteiger partial charge in [-0.25, -0.2) is 4.98 Å². The largest absolute Gasteiger partial charge is 0.341 e. The summed E-state index contributed by atoms with van der Waals surface area (Å²) in [6.07, 6.45) is 0. The fourth-order valence-electron chi connectivity index (χ4n) is 2.01. The van der Waals surface area contributed by atoms with Gasteiger partial charge >= 0.3 is 0 Å². The van der Waals surface area contributed by atoms with Gasteiger partial charge in [0.2, 0.25) is 0 Å². The molecule has 0 atom stereocenters. The zero-order valence-corrected chi connectivity index (χ0v) is 10.1. The SMILES string of the molecule is c1ccc(CNCc2nc3ccccc3[nH]2)cc1. The van der Waals surface area contributed by atoms with E-state index in [-0.39, 0.29) is 0 Å². The van der Waals surface area contributed by atoms with Crippen molar-refractivity contribution in [3.63, 3.8) is 0 Å². The minimum Gasteiger partial charge on any atom is -0.341 e. The van der Waals surface area contributed by atoms with Crippen LogP contribution in [0.25, 0.3) is 11.0 Å². The molecule has 3 heteroatoms. The predicted octanol–water partition coefficient (Wildman–Crippen LogP) is 2.85. The van der Waals surface area contributed by atoms with Crippen molar-refractivity contribution in [3.05, 3.63) is 66.0 Å². The minimum absolute atomic E-state index is 0.754. The van der Waals surface area contributed by atoms with E-state index in [1.54, 1.807) is 0 Å². The summed E-state index contributed by atoms with van der Waals surface area (Å²) in [6, 6.07) is 18.5. The van der Waals surface area contributed by atoms with Crippen LogP contribution in [0, 0.1) is 0 Å². The molecule has 0 unspecified atom stereocenters. The van der Waals surface area contributed by atoms with E-state index in [2.05, 4.69) is 39.6 Å². The second-order valence-electron chi connectivity index (χ2n) is 4.29. The number of hydrogen-bond donors (Lipinski definition) is 2. The molecule has 0 amide bonds. The van der Waals surface area contributed by atoms with E-state index in [0.717, 1.165) is 29.9 Å². The van der Waals surface area contributed by atoms with Crippen molar-refractivity contribution in [2.45, 2.75) is 13.1 Å². The number of H-pyrrole nitrogens is 1. The molecule has 0 aliphatic rings. The molecule has 0 spiro atoms. The van der Waals surface area contributed by atoms with Crippen LogP contribution in [-0.2, 0) is 13.1 Å². The fourth-order valence-corrected chi connectivity index (χ4v) is 2.01. The van der Waals surface area contributed by atoms with Gasteiger partial charge in [0.25, 0.3) is 0 Å². The van der Waals surface area contributed by atoms with Gasteiger partial charge in [-0.15, -0.1) is 0 Å².